The summed E-state index contributed by atoms with van der Waals surface area (Å²) in [5.41, 5.74) is 5.03. The smallest absolute Gasteiger partial charge is 0.143 e. The van der Waals surface area contributed by atoms with Crippen LogP contribution in [0, 0.1) is 0 Å². The maximum absolute atomic E-state index is 10.0. The second kappa shape index (κ2) is 10.1. The number of furan rings is 1. The van der Waals surface area contributed by atoms with E-state index in [1.54, 1.807) is 0 Å². The molecule has 47 heavy (non-hydrogen) atoms. The number of para-hydroxylation sites is 2. The SMILES string of the molecule is [2H]c1c([2H])c(N(c2cccc3ccccc23)c2cccc3oc4c5ccccc5ccc4c23)c([2H])c(-n2c3ccccc3c3ccccc32)c1[2H]. The van der Waals surface area contributed by atoms with Crippen molar-refractivity contribution in [3.05, 3.63) is 170 Å². The third kappa shape index (κ3) is 3.87. The van der Waals surface area contributed by atoms with E-state index in [1.807, 2.05) is 131 Å². The summed E-state index contributed by atoms with van der Waals surface area (Å²) in [6, 6.07) is 47.6. The van der Waals surface area contributed by atoms with Crippen LogP contribution in [-0.4, -0.2) is 4.57 Å². The van der Waals surface area contributed by atoms with Crippen molar-refractivity contribution in [2.75, 3.05) is 4.90 Å². The highest BCUT2D eigenvalue weighted by Crippen LogP contribution is 2.46. The van der Waals surface area contributed by atoms with Crippen molar-refractivity contribution in [2.24, 2.45) is 0 Å². The Hall–Kier alpha value is -6.32. The average Bonchev–Trinajstić information content (AvgIpc) is 3.72. The first-order valence-electron chi connectivity index (χ1n) is 17.7. The predicted molar refractivity (Wildman–Crippen MR) is 198 cm³/mol. The van der Waals surface area contributed by atoms with Crippen LogP contribution in [0.25, 0.3) is 71.0 Å². The van der Waals surface area contributed by atoms with Crippen molar-refractivity contribution in [3.63, 3.8) is 0 Å². The van der Waals surface area contributed by atoms with Crippen molar-refractivity contribution < 1.29 is 9.90 Å². The van der Waals surface area contributed by atoms with E-state index in [1.165, 1.54) is 0 Å². The second-order valence-electron chi connectivity index (χ2n) is 11.8. The molecule has 3 nitrogen and oxygen atoms in total. The summed E-state index contributed by atoms with van der Waals surface area (Å²) in [6.07, 6.45) is 0. The van der Waals surface area contributed by atoms with Gasteiger partial charge >= 0.3 is 0 Å². The molecule has 220 valence electrons. The fourth-order valence-electron chi connectivity index (χ4n) is 7.21. The van der Waals surface area contributed by atoms with Crippen molar-refractivity contribution in [3.8, 4) is 5.69 Å². The molecule has 8 aromatic carbocycles. The molecule has 2 aromatic heterocycles. The lowest BCUT2D eigenvalue weighted by Crippen LogP contribution is -2.11. The molecule has 0 aliphatic heterocycles. The molecule has 0 unspecified atom stereocenters. The predicted octanol–water partition coefficient (Wildman–Crippen LogP) is 12.5. The highest BCUT2D eigenvalue weighted by atomic mass is 16.3. The van der Waals surface area contributed by atoms with Gasteiger partial charge in [0.15, 0.2) is 0 Å². The van der Waals surface area contributed by atoms with Gasteiger partial charge in [0.1, 0.15) is 11.2 Å². The fraction of sp³-hybridized carbons (Fsp3) is 0. The zero-order valence-corrected chi connectivity index (χ0v) is 25.2. The van der Waals surface area contributed by atoms with E-state index in [9.17, 15) is 5.48 Å². The number of aromatic nitrogens is 1. The molecule has 2 heterocycles. The minimum Gasteiger partial charge on any atom is -0.455 e. The van der Waals surface area contributed by atoms with Crippen molar-refractivity contribution >= 4 is 82.4 Å². The number of hydrogen-bond acceptors (Lipinski definition) is 2. The molecule has 0 fully saturated rings. The Balaban J connectivity index is 1.37. The molecule has 0 bridgehead atoms. The van der Waals surface area contributed by atoms with E-state index in [0.29, 0.717) is 11.3 Å². The van der Waals surface area contributed by atoms with Gasteiger partial charge in [-0.2, -0.15) is 0 Å². The van der Waals surface area contributed by atoms with Crippen LogP contribution in [0.4, 0.5) is 17.1 Å². The minimum absolute atomic E-state index is 0.0179. The van der Waals surface area contributed by atoms with Crippen LogP contribution < -0.4 is 4.90 Å². The van der Waals surface area contributed by atoms with Gasteiger partial charge in [0.2, 0.25) is 0 Å². The average molecular weight is 605 g/mol. The van der Waals surface area contributed by atoms with Crippen molar-refractivity contribution in [1.82, 2.24) is 4.57 Å². The first-order chi connectivity index (χ1) is 25.0. The number of fused-ring (bicyclic) bond motifs is 9. The van der Waals surface area contributed by atoms with Gasteiger partial charge < -0.3 is 13.9 Å². The Kier molecular flexibility index (Phi) is 4.78. The molecule has 0 saturated carbocycles. The van der Waals surface area contributed by atoms with Gasteiger partial charge in [-0.15, -0.1) is 0 Å². The summed E-state index contributed by atoms with van der Waals surface area (Å²) >= 11 is 0. The highest BCUT2D eigenvalue weighted by molar-refractivity contribution is 6.20. The van der Waals surface area contributed by atoms with E-state index < -0.39 is 0 Å². The van der Waals surface area contributed by atoms with Crippen molar-refractivity contribution in [1.29, 1.82) is 0 Å². The number of nitrogens with zero attached hydrogens (tertiary/aromatic N) is 2. The number of benzene rings is 8. The number of anilines is 3. The summed E-state index contributed by atoms with van der Waals surface area (Å²) < 4.78 is 46.6. The minimum atomic E-state index is -0.252. The first kappa shape index (κ1) is 22.2. The molecule has 0 atom stereocenters. The quantitative estimate of drug-likeness (QED) is 0.199. The van der Waals surface area contributed by atoms with Crippen LogP contribution in [0.5, 0.6) is 0 Å². The van der Waals surface area contributed by atoms with Crippen LogP contribution in [0.1, 0.15) is 5.48 Å². The Morgan fingerprint density at radius 2 is 1.13 bits per heavy atom. The van der Waals surface area contributed by atoms with E-state index in [4.69, 9.17) is 4.42 Å². The Labute approximate surface area is 276 Å². The lowest BCUT2D eigenvalue weighted by Gasteiger charge is -2.28. The van der Waals surface area contributed by atoms with Gasteiger partial charge in [-0.25, -0.2) is 0 Å². The molecule has 10 rings (SSSR count). The summed E-state index contributed by atoms with van der Waals surface area (Å²) in [5, 5.41) is 7.72. The summed E-state index contributed by atoms with van der Waals surface area (Å²) in [5.74, 6) is 0. The van der Waals surface area contributed by atoms with Crippen LogP contribution in [0.2, 0.25) is 0 Å². The van der Waals surface area contributed by atoms with Gasteiger partial charge in [-0.1, -0.05) is 115 Å². The normalized spacial score (nSPS) is 13.0. The number of hydrogen-bond donors (Lipinski definition) is 0. The van der Waals surface area contributed by atoms with E-state index in [2.05, 4.69) is 24.3 Å². The third-order valence-corrected chi connectivity index (χ3v) is 9.24. The van der Waals surface area contributed by atoms with Gasteiger partial charge in [-0.05, 0) is 65.3 Å². The second-order valence-corrected chi connectivity index (χ2v) is 11.8. The fourth-order valence-corrected chi connectivity index (χ4v) is 7.21. The molecule has 0 saturated heterocycles. The van der Waals surface area contributed by atoms with Crippen LogP contribution in [-0.2, 0) is 0 Å². The van der Waals surface area contributed by atoms with E-state index in [-0.39, 0.29) is 35.5 Å². The third-order valence-electron chi connectivity index (χ3n) is 9.24. The topological polar surface area (TPSA) is 21.3 Å². The highest BCUT2D eigenvalue weighted by Gasteiger charge is 2.22. The summed E-state index contributed by atoms with van der Waals surface area (Å²) in [7, 11) is 0. The van der Waals surface area contributed by atoms with Gasteiger partial charge in [-0.3, -0.25) is 0 Å². The summed E-state index contributed by atoms with van der Waals surface area (Å²) in [4.78, 5) is 1.94. The molecular formula is C44H28N2O. The molecule has 0 aliphatic rings. The molecule has 0 spiro atoms. The summed E-state index contributed by atoms with van der Waals surface area (Å²) in [6.45, 7) is 0. The lowest BCUT2D eigenvalue weighted by atomic mass is 10.0. The zero-order chi connectivity index (χ0) is 34.4. The number of rotatable bonds is 4. The maximum Gasteiger partial charge on any atom is 0.143 e. The van der Waals surface area contributed by atoms with E-state index >= 15 is 0 Å². The molecule has 10 aromatic rings. The lowest BCUT2D eigenvalue weighted by molar-refractivity contribution is 0.672. The van der Waals surface area contributed by atoms with Crippen LogP contribution in [0.15, 0.2) is 174 Å². The first-order valence-corrected chi connectivity index (χ1v) is 15.7. The Morgan fingerprint density at radius 3 is 1.91 bits per heavy atom. The van der Waals surface area contributed by atoms with Gasteiger partial charge in [0.05, 0.1) is 33.3 Å². The van der Waals surface area contributed by atoms with Gasteiger partial charge in [0.25, 0.3) is 0 Å². The Bertz CT molecular complexity index is 2990. The van der Waals surface area contributed by atoms with Gasteiger partial charge in [0, 0.05) is 38.3 Å². The molecule has 0 amide bonds. The molecule has 0 aliphatic carbocycles. The standard InChI is InChI=1S/C44H28N2O/c1-3-17-33-29(12-1)14-9-23-38(33)46(41-24-11-25-42-43(41)37-27-26-30-13-2-4-18-34(30)44(37)47-42)32-16-10-15-31(28-32)45-39-21-7-5-19-35(39)36-20-6-8-22-40(36)45/h1-28H/i10D,15D,16D,28D. The van der Waals surface area contributed by atoms with Crippen molar-refractivity contribution in [2.45, 2.75) is 0 Å². The monoisotopic (exact) mass is 604 g/mol. The largest absolute Gasteiger partial charge is 0.455 e. The molecular weight excluding hydrogens is 572 g/mol. The molecule has 0 N–H and O–H groups in total. The molecule has 0 radical (unpaired) electrons. The maximum atomic E-state index is 10.0. The van der Waals surface area contributed by atoms with Crippen LogP contribution >= 0.6 is 0 Å². The van der Waals surface area contributed by atoms with Crippen LogP contribution in [0.3, 0.4) is 0 Å². The Morgan fingerprint density at radius 1 is 0.511 bits per heavy atom. The molecule has 3 heteroatoms. The zero-order valence-electron chi connectivity index (χ0n) is 29.2. The van der Waals surface area contributed by atoms with E-state index in [0.717, 1.165) is 65.4 Å².